The molecule has 8 heteroatoms. The zero-order chi connectivity index (χ0) is 27.5. The van der Waals surface area contributed by atoms with Crippen molar-refractivity contribution >= 4 is 29.3 Å². The minimum atomic E-state index is -0.493. The average Bonchev–Trinajstić information content (AvgIpc) is 2.85. The summed E-state index contributed by atoms with van der Waals surface area (Å²) in [4.78, 5) is 25.9. The highest BCUT2D eigenvalue weighted by Gasteiger charge is 2.14. The first-order chi connectivity index (χ1) is 17.8. The molecule has 1 rings (SSSR count). The molecule has 0 aromatic heterocycles. The number of anilines is 1. The fraction of sp³-hybridized carbons (Fsp3) is 0.724. The van der Waals surface area contributed by atoms with Crippen molar-refractivity contribution in [3.8, 4) is 0 Å². The quantitative estimate of drug-likeness (QED) is 0.102. The highest BCUT2D eigenvalue weighted by atomic mass is 32.2. The number of hydrogen-bond donors (Lipinski definition) is 5. The van der Waals surface area contributed by atoms with E-state index in [-0.39, 0.29) is 17.9 Å². The smallest absolute Gasteiger partial charge is 0.251 e. The number of hydrogen-bond acceptors (Lipinski definition) is 6. The second-order valence-corrected chi connectivity index (χ2v) is 11.1. The Hall–Kier alpha value is -1.61. The Labute approximate surface area is 228 Å². The summed E-state index contributed by atoms with van der Waals surface area (Å²) in [5, 5.41) is 36.0. The van der Waals surface area contributed by atoms with Crippen molar-refractivity contribution in [3.05, 3.63) is 23.8 Å². The van der Waals surface area contributed by atoms with E-state index in [4.69, 9.17) is 0 Å². The van der Waals surface area contributed by atoms with Crippen molar-refractivity contribution in [2.45, 2.75) is 127 Å². The molecular formula is C29H50N2O5S. The summed E-state index contributed by atoms with van der Waals surface area (Å²) in [6.07, 6.45) is 8.13. The summed E-state index contributed by atoms with van der Waals surface area (Å²) < 4.78 is 0. The molecule has 3 atom stereocenters. The standard InChI is InChI=1S/C29H50N2O5S/c1-4-7-20-30-29(36)22-18-19-27(37-6-3)26(21-22)31-28(35)17-10-16-25(34)15-9-14-24(33)13-8-12-23(32)11-5-2/h18-19,21,23-25,32-34H,4-17,20H2,1-3H3,(H,30,36)(H,31,35). The molecule has 3 unspecified atom stereocenters. The second kappa shape index (κ2) is 20.4. The van der Waals surface area contributed by atoms with Crippen molar-refractivity contribution in [1.82, 2.24) is 5.32 Å². The first kappa shape index (κ1) is 33.4. The van der Waals surface area contributed by atoms with E-state index in [0.717, 1.165) is 55.6 Å². The molecule has 7 nitrogen and oxygen atoms in total. The number of nitrogens with one attached hydrogen (secondary N) is 2. The van der Waals surface area contributed by atoms with Gasteiger partial charge in [0, 0.05) is 23.4 Å². The van der Waals surface area contributed by atoms with E-state index in [1.54, 1.807) is 23.9 Å². The van der Waals surface area contributed by atoms with Crippen LogP contribution in [0.25, 0.3) is 0 Å². The number of amides is 2. The van der Waals surface area contributed by atoms with Gasteiger partial charge >= 0.3 is 0 Å². The molecule has 0 saturated heterocycles. The van der Waals surface area contributed by atoms with Gasteiger partial charge in [-0.1, -0.05) is 33.6 Å². The largest absolute Gasteiger partial charge is 0.393 e. The predicted molar refractivity (Wildman–Crippen MR) is 153 cm³/mol. The van der Waals surface area contributed by atoms with Crippen LogP contribution in [0.15, 0.2) is 23.1 Å². The van der Waals surface area contributed by atoms with Crippen LogP contribution in [-0.2, 0) is 4.79 Å². The molecule has 2 amide bonds. The maximum Gasteiger partial charge on any atom is 0.251 e. The lowest BCUT2D eigenvalue weighted by Crippen LogP contribution is -2.24. The lowest BCUT2D eigenvalue weighted by atomic mass is 10.0. The molecule has 212 valence electrons. The summed E-state index contributed by atoms with van der Waals surface area (Å²) in [5.74, 6) is 0.584. The maximum atomic E-state index is 12.6. The van der Waals surface area contributed by atoms with E-state index >= 15 is 0 Å². The molecule has 5 N–H and O–H groups in total. The van der Waals surface area contributed by atoms with Crippen LogP contribution in [0.3, 0.4) is 0 Å². The fourth-order valence-electron chi connectivity index (χ4n) is 4.19. The van der Waals surface area contributed by atoms with E-state index in [9.17, 15) is 24.9 Å². The highest BCUT2D eigenvalue weighted by Crippen LogP contribution is 2.28. The Morgan fingerprint density at radius 2 is 1.41 bits per heavy atom. The molecule has 1 aromatic rings. The van der Waals surface area contributed by atoms with Gasteiger partial charge in [0.2, 0.25) is 5.91 Å². The third-order valence-electron chi connectivity index (χ3n) is 6.34. The van der Waals surface area contributed by atoms with Crippen LogP contribution in [0.1, 0.15) is 115 Å². The van der Waals surface area contributed by atoms with Crippen molar-refractivity contribution in [1.29, 1.82) is 0 Å². The number of thioether (sulfide) groups is 1. The summed E-state index contributed by atoms with van der Waals surface area (Å²) in [5.41, 5.74) is 1.18. The summed E-state index contributed by atoms with van der Waals surface area (Å²) in [6.45, 7) is 6.80. The number of carbonyl (C=O) groups excluding carboxylic acids is 2. The van der Waals surface area contributed by atoms with Crippen molar-refractivity contribution in [2.24, 2.45) is 0 Å². The zero-order valence-corrected chi connectivity index (χ0v) is 24.0. The minimum Gasteiger partial charge on any atom is -0.393 e. The van der Waals surface area contributed by atoms with Gasteiger partial charge in [-0.05, 0) is 88.2 Å². The molecule has 0 fully saturated rings. The monoisotopic (exact) mass is 538 g/mol. The number of unbranched alkanes of at least 4 members (excludes halogenated alkanes) is 1. The van der Waals surface area contributed by atoms with Gasteiger partial charge in [0.1, 0.15) is 0 Å². The van der Waals surface area contributed by atoms with Crippen molar-refractivity contribution in [3.63, 3.8) is 0 Å². The summed E-state index contributed by atoms with van der Waals surface area (Å²) in [6, 6.07) is 5.41. The van der Waals surface area contributed by atoms with Gasteiger partial charge in [-0.2, -0.15) is 0 Å². The van der Waals surface area contributed by atoms with E-state index < -0.39 is 12.2 Å². The first-order valence-electron chi connectivity index (χ1n) is 14.2. The van der Waals surface area contributed by atoms with Crippen LogP contribution in [0.5, 0.6) is 0 Å². The van der Waals surface area contributed by atoms with E-state index in [1.807, 2.05) is 19.9 Å². The average molecular weight is 539 g/mol. The molecule has 0 spiro atoms. The van der Waals surface area contributed by atoms with Crippen LogP contribution in [-0.4, -0.2) is 57.7 Å². The minimum absolute atomic E-state index is 0.130. The first-order valence-corrected chi connectivity index (χ1v) is 15.2. The van der Waals surface area contributed by atoms with Gasteiger partial charge in [0.05, 0.1) is 24.0 Å². The normalized spacial score (nSPS) is 13.7. The number of carbonyl (C=O) groups is 2. The number of benzene rings is 1. The lowest BCUT2D eigenvalue weighted by Gasteiger charge is -2.15. The number of aliphatic hydroxyl groups is 3. The van der Waals surface area contributed by atoms with E-state index in [1.165, 1.54) is 0 Å². The molecule has 0 bridgehead atoms. The van der Waals surface area contributed by atoms with Crippen LogP contribution in [0, 0.1) is 0 Å². The zero-order valence-electron chi connectivity index (χ0n) is 23.1. The molecule has 0 aliphatic heterocycles. The van der Waals surface area contributed by atoms with Crippen LogP contribution in [0.2, 0.25) is 0 Å². The van der Waals surface area contributed by atoms with Gasteiger partial charge in [0.15, 0.2) is 0 Å². The summed E-state index contributed by atoms with van der Waals surface area (Å²) in [7, 11) is 0. The Morgan fingerprint density at radius 1 is 0.811 bits per heavy atom. The van der Waals surface area contributed by atoms with Gasteiger partial charge in [0.25, 0.3) is 5.91 Å². The molecule has 0 radical (unpaired) electrons. The van der Waals surface area contributed by atoms with Crippen LogP contribution >= 0.6 is 11.8 Å². The topological polar surface area (TPSA) is 119 Å². The van der Waals surface area contributed by atoms with Gasteiger partial charge in [-0.15, -0.1) is 11.8 Å². The van der Waals surface area contributed by atoms with Crippen molar-refractivity contribution in [2.75, 3.05) is 17.6 Å². The Bertz CT molecular complexity index is 777. The van der Waals surface area contributed by atoms with E-state index in [2.05, 4.69) is 17.6 Å². The molecule has 0 aliphatic carbocycles. The lowest BCUT2D eigenvalue weighted by molar-refractivity contribution is -0.116. The summed E-state index contributed by atoms with van der Waals surface area (Å²) >= 11 is 1.61. The van der Waals surface area contributed by atoms with Crippen molar-refractivity contribution < 1.29 is 24.9 Å². The molecule has 1 aromatic carbocycles. The molecule has 0 heterocycles. The SMILES string of the molecule is CCCCNC(=O)c1ccc(SCC)c(NC(=O)CCCC(O)CCCC(O)CCCC(O)CCC)c1. The predicted octanol–water partition coefficient (Wildman–Crippen LogP) is 5.66. The molecule has 0 aliphatic rings. The molecule has 37 heavy (non-hydrogen) atoms. The van der Waals surface area contributed by atoms with Crippen LogP contribution < -0.4 is 10.6 Å². The molecular weight excluding hydrogens is 488 g/mol. The fourth-order valence-corrected chi connectivity index (χ4v) is 4.93. The third kappa shape index (κ3) is 15.4. The third-order valence-corrected chi connectivity index (χ3v) is 7.30. The Kier molecular flexibility index (Phi) is 18.4. The van der Waals surface area contributed by atoms with Gasteiger partial charge < -0.3 is 26.0 Å². The maximum absolute atomic E-state index is 12.6. The van der Waals surface area contributed by atoms with Gasteiger partial charge in [-0.25, -0.2) is 0 Å². The number of rotatable bonds is 21. The van der Waals surface area contributed by atoms with Gasteiger partial charge in [-0.3, -0.25) is 9.59 Å². The Morgan fingerprint density at radius 3 is 1.97 bits per heavy atom. The molecule has 0 saturated carbocycles. The number of aliphatic hydroxyl groups excluding tert-OH is 3. The Balaban J connectivity index is 2.38. The van der Waals surface area contributed by atoms with E-state index in [0.29, 0.717) is 56.3 Å². The highest BCUT2D eigenvalue weighted by molar-refractivity contribution is 7.99. The van der Waals surface area contributed by atoms with Crippen LogP contribution in [0.4, 0.5) is 5.69 Å². The second-order valence-electron chi connectivity index (χ2n) is 9.81.